The van der Waals surface area contributed by atoms with Crippen molar-refractivity contribution in [3.8, 4) is 0 Å². The molecule has 474 valence electrons. The van der Waals surface area contributed by atoms with Gasteiger partial charge < -0.3 is 19.4 Å². The molecule has 3 heteroatoms. The Morgan fingerprint density at radius 1 is 0.317 bits per heavy atom. The molecule has 0 saturated carbocycles. The molecule has 0 atom stereocenters. The number of hydrogen-bond acceptors (Lipinski definition) is 0. The van der Waals surface area contributed by atoms with Gasteiger partial charge in [-0.05, 0) is 86.8 Å². The zero-order chi connectivity index (χ0) is 58.7. The van der Waals surface area contributed by atoms with Crippen molar-refractivity contribution in [3.63, 3.8) is 0 Å². The summed E-state index contributed by atoms with van der Waals surface area (Å²) in [6.07, 6.45) is 76.1. The predicted octanol–water partition coefficient (Wildman–Crippen LogP) is 28.2. The van der Waals surface area contributed by atoms with Crippen LogP contribution in [0, 0.1) is 13.8 Å². The molecule has 0 spiro atoms. The number of unbranched alkanes of at least 4 members (excludes halogenated alkanes) is 44. The zero-order valence-corrected chi connectivity index (χ0v) is 56.9. The van der Waals surface area contributed by atoms with E-state index in [1.165, 1.54) is 318 Å². The Morgan fingerprint density at radius 3 is 0.902 bits per heavy atom. The second-order valence-corrected chi connectivity index (χ2v) is 24.9. The minimum absolute atomic E-state index is 0. The molecule has 0 fully saturated rings. The summed E-state index contributed by atoms with van der Waals surface area (Å²) in [5.41, 5.74) is 21.6. The fourth-order valence-electron chi connectivity index (χ4n) is 11.7. The third kappa shape index (κ3) is 43.4. The molecule has 0 aliphatic carbocycles. The summed E-state index contributed by atoms with van der Waals surface area (Å²) in [6.45, 7) is 21.4. The van der Waals surface area contributed by atoms with Gasteiger partial charge in [0.15, 0.2) is 0 Å². The Balaban J connectivity index is 0.00000199. The Labute approximate surface area is 524 Å². The maximum Gasteiger partial charge on any atom is 2.00 e. The van der Waals surface area contributed by atoms with Gasteiger partial charge in [0.25, 0.3) is 0 Å². The van der Waals surface area contributed by atoms with Crippen LogP contribution in [0.3, 0.4) is 0 Å². The molecule has 0 aromatic heterocycles. The summed E-state index contributed by atoms with van der Waals surface area (Å²) in [5, 5.41) is 0. The van der Waals surface area contributed by atoms with Gasteiger partial charge >= 0.3 is 16.5 Å². The van der Waals surface area contributed by atoms with Gasteiger partial charge in [0.05, 0.1) is 5.57 Å². The van der Waals surface area contributed by atoms with Crippen LogP contribution in [0.4, 0.5) is 0 Å². The summed E-state index contributed by atoms with van der Waals surface area (Å²) in [4.78, 5) is 0. The average Bonchev–Trinajstić information content (AvgIpc) is 3.97. The van der Waals surface area contributed by atoms with E-state index in [1.807, 2.05) is 0 Å². The van der Waals surface area contributed by atoms with Crippen molar-refractivity contribution in [2.75, 3.05) is 0 Å². The van der Waals surface area contributed by atoms with E-state index in [0.29, 0.717) is 0 Å². The van der Waals surface area contributed by atoms with Crippen LogP contribution in [-0.4, -0.2) is 4.70 Å². The second kappa shape index (κ2) is 61.8. The molecular weight excluding hydrogens is 1040 g/mol. The van der Waals surface area contributed by atoms with Crippen molar-refractivity contribution in [2.24, 2.45) is 0 Å². The second-order valence-electron chi connectivity index (χ2n) is 24.9. The van der Waals surface area contributed by atoms with E-state index in [4.69, 9.17) is 0 Å². The minimum Gasteiger partial charge on any atom is -0.493 e. The molecule has 82 heavy (non-hydrogen) atoms. The number of aryl methyl sites for hydroxylation is 2. The number of rotatable bonds is 54. The first-order chi connectivity index (χ1) is 40.0. The number of hydrogen-bond donors (Lipinski definition) is 0. The van der Waals surface area contributed by atoms with Gasteiger partial charge in [-0.2, -0.15) is 12.8 Å². The number of benzene rings is 2. The Kier molecular flexibility index (Phi) is 60.1. The van der Waals surface area contributed by atoms with E-state index in [2.05, 4.69) is 116 Å². The van der Waals surface area contributed by atoms with Crippen LogP contribution >= 0.6 is 0 Å². The van der Waals surface area contributed by atoms with Crippen molar-refractivity contribution >= 4 is 11.4 Å². The Bertz CT molecular complexity index is 1710. The van der Waals surface area contributed by atoms with Crippen molar-refractivity contribution in [1.29, 1.82) is 0 Å². The Hall–Kier alpha value is -2.25. The van der Waals surface area contributed by atoms with Crippen LogP contribution < -0.4 is 0 Å². The first-order valence-electron chi connectivity index (χ1n) is 36.4. The first kappa shape index (κ1) is 79.8. The average molecular weight is 1170 g/mol. The molecule has 1 aliphatic rings. The van der Waals surface area contributed by atoms with Crippen LogP contribution in [0.15, 0.2) is 71.8 Å². The van der Waals surface area contributed by atoms with E-state index >= 15 is 0 Å². The molecule has 0 radical (unpaired) electrons. The van der Waals surface area contributed by atoms with Gasteiger partial charge in [0.2, 0.25) is 11.4 Å². The van der Waals surface area contributed by atoms with Crippen LogP contribution in [0.2, 0.25) is 0 Å². The number of nitrogens with zero attached hydrogens (tertiary/aromatic N) is 2. The summed E-state index contributed by atoms with van der Waals surface area (Å²) < 4.78 is 1.55. The molecule has 2 nitrogen and oxygen atoms in total. The SMILES string of the molecule is CCCCCCCCCCCCCCCCCCC=CC1=C(c2ccc(CCCCC)cc2)[N+](=[N-])C(c2ccc(CCCCCC)cc2)=C1CCCCCC.[CH2-]CCCCCCCCCCCC.[CH2-]CCCCCCCCCCCC.[Ni+2]. The summed E-state index contributed by atoms with van der Waals surface area (Å²) >= 11 is 0. The third-order valence-electron chi connectivity index (χ3n) is 17.1. The van der Waals surface area contributed by atoms with Crippen molar-refractivity contribution < 1.29 is 21.2 Å². The van der Waals surface area contributed by atoms with Gasteiger partial charge in [-0.1, -0.05) is 354 Å². The molecule has 2 aromatic rings. The summed E-state index contributed by atoms with van der Waals surface area (Å²) in [5.74, 6) is 0. The fraction of sp³-hybridized carbons (Fsp3) is 0.747. The molecule has 0 unspecified atom stereocenters. The monoisotopic (exact) mass is 1170 g/mol. The van der Waals surface area contributed by atoms with Gasteiger partial charge in [-0.15, -0.1) is 0 Å². The largest absolute Gasteiger partial charge is 2.00 e. The smallest absolute Gasteiger partial charge is 0.493 e. The minimum atomic E-state index is 0. The van der Waals surface area contributed by atoms with E-state index in [0.717, 1.165) is 67.5 Å². The molecule has 0 saturated heterocycles. The van der Waals surface area contributed by atoms with Gasteiger partial charge in [-0.3, -0.25) is 0 Å². The molecule has 0 amide bonds. The van der Waals surface area contributed by atoms with Gasteiger partial charge in [-0.25, -0.2) is 4.70 Å². The molecular formula is C79H138N2Ni. The van der Waals surface area contributed by atoms with E-state index in [1.54, 1.807) is 4.70 Å². The van der Waals surface area contributed by atoms with Gasteiger partial charge in [0.1, 0.15) is 0 Å². The molecule has 0 N–H and O–H groups in total. The van der Waals surface area contributed by atoms with E-state index < -0.39 is 0 Å². The van der Waals surface area contributed by atoms with E-state index in [9.17, 15) is 5.53 Å². The molecule has 2 aromatic carbocycles. The zero-order valence-electron chi connectivity index (χ0n) is 55.9. The Morgan fingerprint density at radius 2 is 0.573 bits per heavy atom. The summed E-state index contributed by atoms with van der Waals surface area (Å²) in [7, 11) is 0. The van der Waals surface area contributed by atoms with Crippen LogP contribution in [0.1, 0.15) is 391 Å². The number of allylic oxidation sites excluding steroid dienone is 4. The molecule has 1 aliphatic heterocycles. The maximum atomic E-state index is 12.1. The predicted molar refractivity (Wildman–Crippen MR) is 367 cm³/mol. The van der Waals surface area contributed by atoms with Gasteiger partial charge in [0, 0.05) is 16.7 Å². The quantitative estimate of drug-likeness (QED) is 0.0273. The van der Waals surface area contributed by atoms with Crippen LogP contribution in [0.25, 0.3) is 16.9 Å². The molecule has 0 bridgehead atoms. The molecule has 1 heterocycles. The first-order valence-corrected chi connectivity index (χ1v) is 36.4. The topological polar surface area (TPSA) is 25.3 Å². The summed E-state index contributed by atoms with van der Waals surface area (Å²) in [6, 6.07) is 18.2. The van der Waals surface area contributed by atoms with Crippen LogP contribution in [-0.2, 0) is 29.3 Å². The maximum absolute atomic E-state index is 12.1. The third-order valence-corrected chi connectivity index (χ3v) is 17.1. The fourth-order valence-corrected chi connectivity index (χ4v) is 11.7. The van der Waals surface area contributed by atoms with Crippen molar-refractivity contribution in [1.82, 2.24) is 0 Å². The van der Waals surface area contributed by atoms with Crippen molar-refractivity contribution in [3.05, 3.63) is 113 Å². The molecule has 3 rings (SSSR count). The van der Waals surface area contributed by atoms with E-state index in [-0.39, 0.29) is 16.5 Å². The van der Waals surface area contributed by atoms with Crippen molar-refractivity contribution in [2.45, 2.75) is 382 Å². The van der Waals surface area contributed by atoms with Crippen LogP contribution in [0.5, 0.6) is 0 Å². The standard InChI is InChI=1S/C53H84N2.2C13H27.Ni/c1-5-9-13-16-17-18-19-20-21-22-23-24-25-26-27-28-29-33-37-51-50(36-32-15-11-7-3)52(49-44-40-47(41-45-49)35-31-14-10-6-2)55(54)53(51)48-42-38-46(39-43-48)34-30-12-8-4;2*1-3-5-7-9-11-13-12-10-8-6-4-2;/h33,37-45H,5-32,34-36H2,1-4H3;2*1,3-13H2,2H3;/q;2*-1;+2. The normalized spacial score (nSPS) is 12.3.